The summed E-state index contributed by atoms with van der Waals surface area (Å²) < 4.78 is 25.5. The predicted octanol–water partition coefficient (Wildman–Crippen LogP) is 8.94. The summed E-state index contributed by atoms with van der Waals surface area (Å²) in [5, 5.41) is 12.3. The van der Waals surface area contributed by atoms with Gasteiger partial charge in [0.15, 0.2) is 22.2 Å². The molecular formula is C33H66O6Si2. The van der Waals surface area contributed by atoms with Crippen molar-refractivity contribution in [1.29, 1.82) is 0 Å². The highest BCUT2D eigenvalue weighted by Crippen LogP contribution is 2.50. The summed E-state index contributed by atoms with van der Waals surface area (Å²) in [5.41, 5.74) is -3.35. The van der Waals surface area contributed by atoms with Gasteiger partial charge in [-0.2, -0.15) is 0 Å². The van der Waals surface area contributed by atoms with Crippen LogP contribution in [0.2, 0.25) is 36.3 Å². The van der Waals surface area contributed by atoms with E-state index in [0.29, 0.717) is 6.42 Å². The molecule has 0 spiro atoms. The van der Waals surface area contributed by atoms with Gasteiger partial charge in [-0.3, -0.25) is 0 Å². The maximum Gasteiger partial charge on any atom is 0.341 e. The standard InChI is InChI=1S/C33H66O6Si2/c1-14-16-17-18-19-20-21-22-23-24-25-33(29(34)36-9)32(35,15-2)28(39-41(12,13)31(6,7)8)27(38-33)26-37-40(10,11)30(3,4)5/h15,27-28,35H,2,14,16-26H2,1,3-13H3/t27-,28-,32-,33+/m1/s1. The smallest absolute Gasteiger partial charge is 0.341 e. The van der Waals surface area contributed by atoms with Crippen LogP contribution in [0.1, 0.15) is 119 Å². The minimum Gasteiger partial charge on any atom is -0.467 e. The van der Waals surface area contributed by atoms with Gasteiger partial charge in [0.2, 0.25) is 0 Å². The second-order valence-corrected chi connectivity index (χ2v) is 24.9. The van der Waals surface area contributed by atoms with Gasteiger partial charge < -0.3 is 23.4 Å². The van der Waals surface area contributed by atoms with E-state index >= 15 is 0 Å². The van der Waals surface area contributed by atoms with E-state index in [1.54, 1.807) is 0 Å². The molecule has 4 atom stereocenters. The molecule has 0 bridgehead atoms. The SMILES string of the molecule is C=C[C@@]1(O)[C@H](O[Si](C)(C)C(C)(C)C)[C@@H](CO[Si](C)(C)C(C)(C)C)O[C@@]1(CCCCCCCCCCCC)C(=O)OC. The highest BCUT2D eigenvalue weighted by Gasteiger charge is 2.69. The Hall–Kier alpha value is -0.516. The molecule has 1 fully saturated rings. The molecule has 0 aliphatic carbocycles. The lowest BCUT2D eigenvalue weighted by Gasteiger charge is -2.44. The average Bonchev–Trinajstić information content (AvgIpc) is 3.10. The van der Waals surface area contributed by atoms with Crippen molar-refractivity contribution in [1.82, 2.24) is 0 Å². The highest BCUT2D eigenvalue weighted by molar-refractivity contribution is 6.74. The van der Waals surface area contributed by atoms with Gasteiger partial charge in [0.1, 0.15) is 17.8 Å². The van der Waals surface area contributed by atoms with Crippen molar-refractivity contribution >= 4 is 22.6 Å². The van der Waals surface area contributed by atoms with Crippen LogP contribution in [-0.4, -0.2) is 64.8 Å². The van der Waals surface area contributed by atoms with Gasteiger partial charge in [-0.15, -0.1) is 6.58 Å². The molecule has 1 N–H and O–H groups in total. The monoisotopic (exact) mass is 614 g/mol. The molecule has 1 heterocycles. The molecule has 0 saturated carbocycles. The molecule has 1 aliphatic heterocycles. The Morgan fingerprint density at radius 1 is 0.878 bits per heavy atom. The van der Waals surface area contributed by atoms with E-state index in [1.165, 1.54) is 58.1 Å². The van der Waals surface area contributed by atoms with Crippen LogP contribution in [0.25, 0.3) is 0 Å². The fourth-order valence-electron chi connectivity index (χ4n) is 5.10. The number of hydrogen-bond donors (Lipinski definition) is 1. The fourth-order valence-corrected chi connectivity index (χ4v) is 7.43. The topological polar surface area (TPSA) is 74.2 Å². The van der Waals surface area contributed by atoms with Crippen LogP contribution < -0.4 is 0 Å². The fraction of sp³-hybridized carbons (Fsp3) is 0.909. The molecule has 0 aromatic carbocycles. The number of carbonyl (C=O) groups excluding carboxylic acids is 1. The Balaban J connectivity index is 3.25. The quantitative estimate of drug-likeness (QED) is 0.0719. The zero-order chi connectivity index (χ0) is 31.8. The largest absolute Gasteiger partial charge is 0.467 e. The summed E-state index contributed by atoms with van der Waals surface area (Å²) in [6, 6.07) is 0. The molecule has 41 heavy (non-hydrogen) atoms. The van der Waals surface area contributed by atoms with Crippen LogP contribution in [0.3, 0.4) is 0 Å². The van der Waals surface area contributed by atoms with Crippen molar-refractivity contribution in [3.8, 4) is 0 Å². The van der Waals surface area contributed by atoms with E-state index in [-0.39, 0.29) is 16.7 Å². The van der Waals surface area contributed by atoms with Crippen molar-refractivity contribution in [2.75, 3.05) is 13.7 Å². The summed E-state index contributed by atoms with van der Waals surface area (Å²) in [6.45, 7) is 28.3. The number of hydrogen-bond acceptors (Lipinski definition) is 6. The normalized spacial score (nSPS) is 25.9. The Morgan fingerprint density at radius 2 is 1.34 bits per heavy atom. The Kier molecular flexibility index (Phi) is 14.5. The van der Waals surface area contributed by atoms with Gasteiger partial charge >= 0.3 is 5.97 Å². The van der Waals surface area contributed by atoms with Crippen molar-refractivity contribution in [2.24, 2.45) is 0 Å². The Labute approximate surface area is 255 Å². The van der Waals surface area contributed by atoms with Crippen molar-refractivity contribution in [2.45, 2.75) is 179 Å². The van der Waals surface area contributed by atoms with Crippen molar-refractivity contribution in [3.63, 3.8) is 0 Å². The molecule has 1 aliphatic rings. The number of rotatable bonds is 18. The summed E-state index contributed by atoms with van der Waals surface area (Å²) in [6.07, 6.45) is 12.1. The first-order valence-electron chi connectivity index (χ1n) is 16.2. The van der Waals surface area contributed by atoms with Crippen molar-refractivity contribution in [3.05, 3.63) is 12.7 Å². The van der Waals surface area contributed by atoms with Gasteiger partial charge in [0, 0.05) is 0 Å². The highest BCUT2D eigenvalue weighted by atomic mass is 28.4. The van der Waals surface area contributed by atoms with Gasteiger partial charge in [0.05, 0.1) is 13.7 Å². The van der Waals surface area contributed by atoms with E-state index in [4.69, 9.17) is 18.3 Å². The lowest BCUT2D eigenvalue weighted by atomic mass is 9.76. The van der Waals surface area contributed by atoms with E-state index in [2.05, 4.69) is 81.2 Å². The summed E-state index contributed by atoms with van der Waals surface area (Å²) in [5.74, 6) is -0.575. The maximum absolute atomic E-state index is 13.6. The molecule has 242 valence electrons. The average molecular weight is 615 g/mol. The second-order valence-electron chi connectivity index (χ2n) is 15.3. The zero-order valence-corrected chi connectivity index (χ0v) is 30.9. The van der Waals surface area contributed by atoms with Gasteiger partial charge in [0.25, 0.3) is 0 Å². The van der Waals surface area contributed by atoms with E-state index in [1.807, 2.05) is 0 Å². The minimum absolute atomic E-state index is 0.00552. The number of ether oxygens (including phenoxy) is 2. The lowest BCUT2D eigenvalue weighted by Crippen LogP contribution is -2.62. The van der Waals surface area contributed by atoms with Crippen LogP contribution in [0.15, 0.2) is 12.7 Å². The number of aliphatic hydroxyl groups is 1. The minimum atomic E-state index is -2.39. The lowest BCUT2D eigenvalue weighted by molar-refractivity contribution is -0.187. The molecule has 1 rings (SSSR count). The van der Waals surface area contributed by atoms with E-state index in [0.717, 1.165) is 19.3 Å². The first-order valence-corrected chi connectivity index (χ1v) is 22.0. The van der Waals surface area contributed by atoms with Crippen LogP contribution in [-0.2, 0) is 23.1 Å². The second kappa shape index (κ2) is 15.5. The third kappa shape index (κ3) is 9.48. The molecule has 1 saturated heterocycles. The van der Waals surface area contributed by atoms with Gasteiger partial charge in [-0.1, -0.05) is 112 Å². The number of unbranched alkanes of at least 4 members (excludes halogenated alkanes) is 9. The van der Waals surface area contributed by atoms with Gasteiger partial charge in [-0.05, 0) is 49.1 Å². The first kappa shape index (κ1) is 38.5. The molecule has 0 aromatic rings. The molecular weight excluding hydrogens is 549 g/mol. The molecule has 0 amide bonds. The molecule has 0 aromatic heterocycles. The predicted molar refractivity (Wildman–Crippen MR) is 176 cm³/mol. The summed E-state index contributed by atoms with van der Waals surface area (Å²) in [7, 11) is -3.16. The molecule has 6 nitrogen and oxygen atoms in total. The van der Waals surface area contributed by atoms with Crippen LogP contribution in [0.4, 0.5) is 0 Å². The molecule has 8 heteroatoms. The first-order chi connectivity index (χ1) is 18.8. The summed E-state index contributed by atoms with van der Waals surface area (Å²) in [4.78, 5) is 13.6. The Bertz CT molecular complexity index is 816. The van der Waals surface area contributed by atoms with Crippen LogP contribution in [0.5, 0.6) is 0 Å². The van der Waals surface area contributed by atoms with E-state index in [9.17, 15) is 9.90 Å². The number of esters is 1. The molecule has 0 radical (unpaired) electrons. The molecule has 0 unspecified atom stereocenters. The van der Waals surface area contributed by atoms with E-state index < -0.39 is 46.0 Å². The zero-order valence-electron chi connectivity index (χ0n) is 28.9. The Morgan fingerprint density at radius 3 is 1.76 bits per heavy atom. The van der Waals surface area contributed by atoms with Crippen molar-refractivity contribution < 1.29 is 28.2 Å². The maximum atomic E-state index is 13.6. The van der Waals surface area contributed by atoms with Crippen LogP contribution >= 0.6 is 0 Å². The van der Waals surface area contributed by atoms with Gasteiger partial charge in [-0.25, -0.2) is 4.79 Å². The third-order valence-corrected chi connectivity index (χ3v) is 19.1. The van der Waals surface area contributed by atoms with Crippen LogP contribution in [0, 0.1) is 0 Å². The number of carbonyl (C=O) groups is 1. The third-order valence-electron chi connectivity index (χ3n) is 10.1. The number of methoxy groups -OCH3 is 1. The summed E-state index contributed by atoms with van der Waals surface area (Å²) >= 11 is 0.